The largest absolute Gasteiger partial charge is 0.485 e. The van der Waals surface area contributed by atoms with Crippen molar-refractivity contribution in [3.63, 3.8) is 0 Å². The molecule has 24 heavy (non-hydrogen) atoms. The smallest absolute Gasteiger partial charge is 0.356 e. The Hall–Kier alpha value is -3.03. The zero-order chi connectivity index (χ0) is 16.7. The van der Waals surface area contributed by atoms with Crippen molar-refractivity contribution in [2.45, 2.75) is 19.1 Å². The van der Waals surface area contributed by atoms with Crippen molar-refractivity contribution in [2.75, 3.05) is 13.2 Å². The Balaban J connectivity index is 1.49. The molecule has 2 aliphatic heterocycles. The van der Waals surface area contributed by atoms with Gasteiger partial charge in [-0.05, 0) is 18.6 Å². The summed E-state index contributed by atoms with van der Waals surface area (Å²) in [4.78, 5) is 25.4. The molecule has 124 valence electrons. The van der Waals surface area contributed by atoms with Crippen molar-refractivity contribution in [2.24, 2.45) is 0 Å². The number of benzene rings is 1. The second kappa shape index (κ2) is 5.55. The molecule has 2 aliphatic rings. The number of nitrogens with one attached hydrogen (secondary N) is 1. The third-order valence-corrected chi connectivity index (χ3v) is 4.23. The van der Waals surface area contributed by atoms with Crippen LogP contribution in [0.25, 0.3) is 0 Å². The number of carbonyl (C=O) groups is 2. The maximum Gasteiger partial charge on any atom is 0.356 e. The zero-order valence-corrected chi connectivity index (χ0v) is 12.7. The highest BCUT2D eigenvalue weighted by Gasteiger charge is 2.34. The van der Waals surface area contributed by atoms with Crippen LogP contribution in [0, 0.1) is 0 Å². The number of amides is 1. The van der Waals surface area contributed by atoms with Gasteiger partial charge in [-0.15, -0.1) is 0 Å². The van der Waals surface area contributed by atoms with Gasteiger partial charge in [0.25, 0.3) is 5.91 Å². The Morgan fingerprint density at radius 1 is 1.29 bits per heavy atom. The van der Waals surface area contributed by atoms with Crippen molar-refractivity contribution >= 4 is 11.9 Å². The van der Waals surface area contributed by atoms with Gasteiger partial charge in [0, 0.05) is 12.1 Å². The van der Waals surface area contributed by atoms with Crippen LogP contribution in [0.3, 0.4) is 0 Å². The number of aromatic amines is 1. The molecule has 0 spiro atoms. The van der Waals surface area contributed by atoms with E-state index in [4.69, 9.17) is 14.6 Å². The summed E-state index contributed by atoms with van der Waals surface area (Å²) in [5.74, 6) is -0.0637. The molecule has 1 aromatic carbocycles. The first-order valence-electron chi connectivity index (χ1n) is 7.60. The van der Waals surface area contributed by atoms with E-state index in [1.807, 2.05) is 12.1 Å². The molecule has 2 N–H and O–H groups in total. The Morgan fingerprint density at radius 3 is 2.88 bits per heavy atom. The van der Waals surface area contributed by atoms with Crippen LogP contribution in [0.2, 0.25) is 0 Å². The van der Waals surface area contributed by atoms with Crippen LogP contribution in [-0.2, 0) is 17.8 Å². The van der Waals surface area contributed by atoms with Gasteiger partial charge in [-0.25, -0.2) is 4.79 Å². The molecule has 0 fully saturated rings. The minimum absolute atomic E-state index is 0.0308. The standard InChI is InChI=1S/C16H15N3O5/c20-15(13-8-23-11-3-1-2-4-12(11)24-13)19-6-5-9-10(7-19)17-18-14(9)16(21)22/h1-4,13H,5-8H2,(H,17,18)(H,21,22). The number of H-pyrrole nitrogens is 1. The normalized spacial score (nSPS) is 18.8. The van der Waals surface area contributed by atoms with E-state index in [9.17, 15) is 9.59 Å². The van der Waals surface area contributed by atoms with Crippen LogP contribution in [-0.4, -0.2) is 51.3 Å². The van der Waals surface area contributed by atoms with Gasteiger partial charge in [-0.3, -0.25) is 9.89 Å². The maximum atomic E-state index is 12.7. The summed E-state index contributed by atoms with van der Waals surface area (Å²) in [5, 5.41) is 15.6. The molecule has 8 heteroatoms. The predicted octanol–water partition coefficient (Wildman–Crippen LogP) is 0.833. The van der Waals surface area contributed by atoms with Crippen LogP contribution in [0.15, 0.2) is 24.3 Å². The number of carbonyl (C=O) groups excluding carboxylic acids is 1. The molecule has 8 nitrogen and oxygen atoms in total. The molecule has 0 saturated heterocycles. The van der Waals surface area contributed by atoms with Crippen LogP contribution >= 0.6 is 0 Å². The minimum Gasteiger partial charge on any atom is -0.485 e. The van der Waals surface area contributed by atoms with E-state index in [1.54, 1.807) is 17.0 Å². The summed E-state index contributed by atoms with van der Waals surface area (Å²) < 4.78 is 11.3. The maximum absolute atomic E-state index is 12.7. The lowest BCUT2D eigenvalue weighted by molar-refractivity contribution is -0.142. The number of aromatic nitrogens is 2. The third-order valence-electron chi connectivity index (χ3n) is 4.23. The summed E-state index contributed by atoms with van der Waals surface area (Å²) in [7, 11) is 0. The molecule has 1 aromatic heterocycles. The Labute approximate surface area is 137 Å². The highest BCUT2D eigenvalue weighted by Crippen LogP contribution is 2.31. The summed E-state index contributed by atoms with van der Waals surface area (Å²) in [6, 6.07) is 7.22. The van der Waals surface area contributed by atoms with E-state index in [1.165, 1.54) is 0 Å². The molecule has 0 aliphatic carbocycles. The predicted molar refractivity (Wildman–Crippen MR) is 81.0 cm³/mol. The van der Waals surface area contributed by atoms with Gasteiger partial charge in [0.05, 0.1) is 12.2 Å². The fourth-order valence-corrected chi connectivity index (χ4v) is 3.03. The van der Waals surface area contributed by atoms with Gasteiger partial charge in [0.2, 0.25) is 6.10 Å². The van der Waals surface area contributed by atoms with Crippen molar-refractivity contribution < 1.29 is 24.2 Å². The quantitative estimate of drug-likeness (QED) is 0.846. The van der Waals surface area contributed by atoms with Crippen molar-refractivity contribution in [3.8, 4) is 11.5 Å². The first-order valence-corrected chi connectivity index (χ1v) is 7.60. The van der Waals surface area contributed by atoms with Gasteiger partial charge >= 0.3 is 5.97 Å². The monoisotopic (exact) mass is 329 g/mol. The van der Waals surface area contributed by atoms with Gasteiger partial charge in [-0.1, -0.05) is 12.1 Å². The first kappa shape index (κ1) is 14.6. The molecule has 4 rings (SSSR count). The molecule has 1 atom stereocenters. The summed E-state index contributed by atoms with van der Waals surface area (Å²) in [6.45, 7) is 0.867. The van der Waals surface area contributed by atoms with E-state index in [0.29, 0.717) is 35.7 Å². The van der Waals surface area contributed by atoms with E-state index in [0.717, 1.165) is 0 Å². The lowest BCUT2D eigenvalue weighted by Gasteiger charge is -2.32. The van der Waals surface area contributed by atoms with Gasteiger partial charge < -0.3 is 19.5 Å². The number of hydrogen-bond acceptors (Lipinski definition) is 5. The van der Waals surface area contributed by atoms with E-state index in [-0.39, 0.29) is 24.8 Å². The van der Waals surface area contributed by atoms with Crippen molar-refractivity contribution in [1.29, 1.82) is 0 Å². The van der Waals surface area contributed by atoms with Gasteiger partial charge in [-0.2, -0.15) is 5.10 Å². The number of aromatic carboxylic acids is 1. The molecule has 0 bridgehead atoms. The Morgan fingerprint density at radius 2 is 2.08 bits per heavy atom. The SMILES string of the molecule is O=C(O)c1n[nH]c2c1CCN(C(=O)C1COc3ccccc3O1)C2. The minimum atomic E-state index is -1.06. The fraction of sp³-hybridized carbons (Fsp3) is 0.312. The lowest BCUT2D eigenvalue weighted by Crippen LogP contribution is -2.48. The molecular formula is C16H15N3O5. The molecule has 3 heterocycles. The van der Waals surface area contributed by atoms with Crippen LogP contribution in [0.5, 0.6) is 11.5 Å². The summed E-state index contributed by atoms with van der Waals surface area (Å²) in [6.07, 6.45) is -0.257. The highest BCUT2D eigenvalue weighted by atomic mass is 16.6. The Kier molecular flexibility index (Phi) is 3.37. The average molecular weight is 329 g/mol. The number of carboxylic acid groups (broad SMARTS) is 1. The molecule has 0 saturated carbocycles. The number of nitrogens with zero attached hydrogens (tertiary/aromatic N) is 2. The van der Waals surface area contributed by atoms with E-state index in [2.05, 4.69) is 10.2 Å². The van der Waals surface area contributed by atoms with Gasteiger partial charge in [0.15, 0.2) is 17.2 Å². The molecule has 0 radical (unpaired) electrons. The Bertz CT molecular complexity index is 816. The van der Waals surface area contributed by atoms with Crippen LogP contribution < -0.4 is 9.47 Å². The van der Waals surface area contributed by atoms with Crippen molar-refractivity contribution in [3.05, 3.63) is 41.2 Å². The molecular weight excluding hydrogens is 314 g/mol. The van der Waals surface area contributed by atoms with E-state index >= 15 is 0 Å². The van der Waals surface area contributed by atoms with E-state index < -0.39 is 12.1 Å². The number of carboxylic acids is 1. The molecule has 1 unspecified atom stereocenters. The average Bonchev–Trinajstić information content (AvgIpc) is 3.04. The number of rotatable bonds is 2. The molecule has 2 aromatic rings. The van der Waals surface area contributed by atoms with Crippen molar-refractivity contribution in [1.82, 2.24) is 15.1 Å². The number of fused-ring (bicyclic) bond motifs is 2. The topological polar surface area (TPSA) is 105 Å². The molecule has 1 amide bonds. The highest BCUT2D eigenvalue weighted by molar-refractivity contribution is 5.88. The van der Waals surface area contributed by atoms with Gasteiger partial charge in [0.1, 0.15) is 6.61 Å². The number of para-hydroxylation sites is 2. The van der Waals surface area contributed by atoms with Crippen LogP contribution in [0.1, 0.15) is 21.7 Å². The van der Waals surface area contributed by atoms with Crippen LogP contribution in [0.4, 0.5) is 0 Å². The summed E-state index contributed by atoms with van der Waals surface area (Å²) >= 11 is 0. The summed E-state index contributed by atoms with van der Waals surface area (Å²) in [5.41, 5.74) is 1.35. The third kappa shape index (κ3) is 2.36. The number of ether oxygens (including phenoxy) is 2. The second-order valence-electron chi connectivity index (χ2n) is 5.71. The first-order chi connectivity index (χ1) is 11.6. The number of hydrogen-bond donors (Lipinski definition) is 2. The zero-order valence-electron chi connectivity index (χ0n) is 12.7. The lowest BCUT2D eigenvalue weighted by atomic mass is 10.0. The fourth-order valence-electron chi connectivity index (χ4n) is 3.03. The second-order valence-corrected chi connectivity index (χ2v) is 5.71.